The van der Waals surface area contributed by atoms with Crippen LogP contribution in [0, 0.1) is 6.92 Å². The minimum atomic E-state index is -0.633. The lowest BCUT2D eigenvalue weighted by atomic mass is 10.1. The van der Waals surface area contributed by atoms with Gasteiger partial charge in [0.1, 0.15) is 6.54 Å². The molecule has 0 saturated carbocycles. The largest absolute Gasteiger partial charge is 0.366 e. The quantitative estimate of drug-likeness (QED) is 0.780. The van der Waals surface area contributed by atoms with Gasteiger partial charge in [0.15, 0.2) is 11.5 Å². The lowest BCUT2D eigenvalue weighted by Crippen LogP contribution is -2.23. The molecule has 0 aliphatic rings. The molecular weight excluding hydrogens is 286 g/mol. The third-order valence-electron chi connectivity index (χ3n) is 3.08. The lowest BCUT2D eigenvalue weighted by Gasteiger charge is -2.09. The van der Waals surface area contributed by atoms with Crippen molar-refractivity contribution in [2.75, 3.05) is 5.32 Å². The average molecular weight is 301 g/mol. The van der Waals surface area contributed by atoms with Gasteiger partial charge < -0.3 is 11.1 Å². The normalized spacial score (nSPS) is 10.3. The van der Waals surface area contributed by atoms with Crippen LogP contribution in [-0.4, -0.2) is 32.6 Å². The molecule has 1 aromatic heterocycles. The van der Waals surface area contributed by atoms with Crippen LogP contribution >= 0.6 is 0 Å². The summed E-state index contributed by atoms with van der Waals surface area (Å²) in [6.07, 6.45) is 0. The molecule has 0 radical (unpaired) electrons. The molecule has 0 fully saturated rings. The van der Waals surface area contributed by atoms with E-state index < -0.39 is 11.8 Å². The second-order valence-corrected chi connectivity index (χ2v) is 4.70. The van der Waals surface area contributed by atoms with Crippen molar-refractivity contribution in [1.29, 1.82) is 0 Å². The number of rotatable bonds is 5. The van der Waals surface area contributed by atoms with E-state index in [4.69, 9.17) is 5.73 Å². The van der Waals surface area contributed by atoms with Gasteiger partial charge in [-0.25, -0.2) is 4.68 Å². The molecule has 8 heteroatoms. The number of amides is 2. The Bertz CT molecular complexity index is 751. The van der Waals surface area contributed by atoms with Gasteiger partial charge in [-0.05, 0) is 19.1 Å². The van der Waals surface area contributed by atoms with Crippen LogP contribution in [0.2, 0.25) is 0 Å². The Balaban J connectivity index is 2.15. The average Bonchev–Trinajstić information content (AvgIpc) is 2.80. The van der Waals surface area contributed by atoms with Gasteiger partial charge in [-0.15, -0.1) is 5.10 Å². The van der Waals surface area contributed by atoms with E-state index in [1.807, 2.05) is 0 Å². The Morgan fingerprint density at radius 1 is 1.27 bits per heavy atom. The maximum Gasteiger partial charge on any atom is 0.250 e. The third kappa shape index (κ3) is 3.17. The van der Waals surface area contributed by atoms with Crippen molar-refractivity contribution in [3.05, 3.63) is 41.2 Å². The highest BCUT2D eigenvalue weighted by Gasteiger charge is 2.16. The minimum absolute atomic E-state index is 0.126. The fraction of sp³-hybridized carbons (Fsp3) is 0.214. The number of carbonyl (C=O) groups is 3. The first kappa shape index (κ1) is 15.4. The predicted molar refractivity (Wildman–Crippen MR) is 78.4 cm³/mol. The molecule has 0 unspecified atom stereocenters. The van der Waals surface area contributed by atoms with Crippen LogP contribution in [0.5, 0.6) is 0 Å². The Labute approximate surface area is 126 Å². The fourth-order valence-corrected chi connectivity index (χ4v) is 1.97. The fourth-order valence-electron chi connectivity index (χ4n) is 1.97. The number of para-hydroxylation sites is 1. The highest BCUT2D eigenvalue weighted by molar-refractivity contribution is 6.03. The molecule has 0 aliphatic heterocycles. The summed E-state index contributed by atoms with van der Waals surface area (Å²) < 4.78 is 1.32. The zero-order chi connectivity index (χ0) is 16.3. The number of nitrogens with two attached hydrogens (primary N) is 1. The Morgan fingerprint density at radius 2 is 1.95 bits per heavy atom. The van der Waals surface area contributed by atoms with Crippen molar-refractivity contribution >= 4 is 23.3 Å². The number of primary amides is 1. The van der Waals surface area contributed by atoms with Gasteiger partial charge in [0.05, 0.1) is 16.9 Å². The summed E-state index contributed by atoms with van der Waals surface area (Å²) in [5.41, 5.74) is 6.52. The van der Waals surface area contributed by atoms with Crippen molar-refractivity contribution < 1.29 is 14.4 Å². The molecule has 114 valence electrons. The van der Waals surface area contributed by atoms with Crippen molar-refractivity contribution in [2.45, 2.75) is 20.4 Å². The van der Waals surface area contributed by atoms with Gasteiger partial charge in [-0.3, -0.25) is 14.4 Å². The van der Waals surface area contributed by atoms with E-state index in [9.17, 15) is 14.4 Å². The van der Waals surface area contributed by atoms with Crippen molar-refractivity contribution in [3.63, 3.8) is 0 Å². The molecule has 1 heterocycles. The molecule has 2 rings (SSSR count). The molecule has 0 bridgehead atoms. The van der Waals surface area contributed by atoms with Crippen LogP contribution < -0.4 is 11.1 Å². The van der Waals surface area contributed by atoms with Crippen LogP contribution in [-0.2, 0) is 11.3 Å². The summed E-state index contributed by atoms with van der Waals surface area (Å²) >= 11 is 0. The van der Waals surface area contributed by atoms with Crippen LogP contribution in [0.3, 0.4) is 0 Å². The van der Waals surface area contributed by atoms with Crippen molar-refractivity contribution in [1.82, 2.24) is 15.0 Å². The first-order valence-electron chi connectivity index (χ1n) is 6.50. The summed E-state index contributed by atoms with van der Waals surface area (Å²) in [5.74, 6) is -1.26. The maximum atomic E-state index is 12.1. The number of Topliss-reactive ketones (excluding diaryl/α,β-unsaturated/α-hetero) is 1. The Kier molecular flexibility index (Phi) is 4.31. The van der Waals surface area contributed by atoms with Crippen LogP contribution in [0.4, 0.5) is 5.69 Å². The number of benzene rings is 1. The molecule has 3 N–H and O–H groups in total. The SMILES string of the molecule is CC(=O)c1nnn(CC(=O)Nc2ccccc2C(N)=O)c1C. The molecule has 0 spiro atoms. The first-order valence-corrected chi connectivity index (χ1v) is 6.50. The summed E-state index contributed by atoms with van der Waals surface area (Å²) in [6, 6.07) is 6.42. The number of nitrogens with zero attached hydrogens (tertiary/aromatic N) is 3. The molecule has 2 aromatic rings. The molecule has 22 heavy (non-hydrogen) atoms. The van der Waals surface area contributed by atoms with Crippen LogP contribution in [0.1, 0.15) is 33.5 Å². The van der Waals surface area contributed by atoms with Crippen molar-refractivity contribution in [3.8, 4) is 0 Å². The highest BCUT2D eigenvalue weighted by Crippen LogP contribution is 2.14. The number of hydrogen-bond acceptors (Lipinski definition) is 5. The van der Waals surface area contributed by atoms with E-state index in [0.717, 1.165) is 0 Å². The number of carbonyl (C=O) groups excluding carboxylic acids is 3. The number of hydrogen-bond donors (Lipinski definition) is 2. The summed E-state index contributed by atoms with van der Waals surface area (Å²) in [6.45, 7) is 2.91. The van der Waals surface area contributed by atoms with Gasteiger partial charge in [0.2, 0.25) is 5.91 Å². The molecular formula is C14H15N5O3. The molecule has 2 amide bonds. The van der Waals surface area contributed by atoms with Gasteiger partial charge >= 0.3 is 0 Å². The smallest absolute Gasteiger partial charge is 0.250 e. The summed E-state index contributed by atoms with van der Waals surface area (Å²) in [7, 11) is 0. The maximum absolute atomic E-state index is 12.1. The zero-order valence-corrected chi connectivity index (χ0v) is 12.2. The van der Waals surface area contributed by atoms with Crippen LogP contribution in [0.25, 0.3) is 0 Å². The third-order valence-corrected chi connectivity index (χ3v) is 3.08. The van der Waals surface area contributed by atoms with Gasteiger partial charge in [-0.2, -0.15) is 0 Å². The number of aromatic nitrogens is 3. The van der Waals surface area contributed by atoms with Crippen molar-refractivity contribution in [2.24, 2.45) is 5.73 Å². The molecule has 1 aromatic carbocycles. The van der Waals surface area contributed by atoms with Gasteiger partial charge in [0, 0.05) is 6.92 Å². The first-order chi connectivity index (χ1) is 10.4. The van der Waals surface area contributed by atoms with Gasteiger partial charge in [-0.1, -0.05) is 17.3 Å². The predicted octanol–water partition coefficient (Wildman–Crippen LogP) is 0.527. The second kappa shape index (κ2) is 6.17. The number of anilines is 1. The molecule has 8 nitrogen and oxygen atoms in total. The van der Waals surface area contributed by atoms with E-state index in [0.29, 0.717) is 11.4 Å². The summed E-state index contributed by atoms with van der Waals surface area (Å²) in [4.78, 5) is 34.7. The van der Waals surface area contributed by atoms with Gasteiger partial charge in [0.25, 0.3) is 5.91 Å². The highest BCUT2D eigenvalue weighted by atomic mass is 16.2. The second-order valence-electron chi connectivity index (χ2n) is 4.70. The minimum Gasteiger partial charge on any atom is -0.366 e. The molecule has 0 aliphatic carbocycles. The Morgan fingerprint density at radius 3 is 2.55 bits per heavy atom. The van der Waals surface area contributed by atoms with E-state index in [1.165, 1.54) is 17.7 Å². The number of nitrogens with one attached hydrogen (secondary N) is 1. The topological polar surface area (TPSA) is 120 Å². The summed E-state index contributed by atoms with van der Waals surface area (Å²) in [5, 5.41) is 10.1. The standard InChI is InChI=1S/C14H15N5O3/c1-8-13(9(2)20)17-18-19(8)7-12(21)16-11-6-4-3-5-10(11)14(15)22/h3-6H,7H2,1-2H3,(H2,15,22)(H,16,21). The zero-order valence-electron chi connectivity index (χ0n) is 12.2. The molecule has 0 saturated heterocycles. The molecule has 0 atom stereocenters. The lowest BCUT2D eigenvalue weighted by molar-refractivity contribution is -0.117. The van der Waals surface area contributed by atoms with E-state index in [2.05, 4.69) is 15.6 Å². The van der Waals surface area contributed by atoms with E-state index in [-0.39, 0.29) is 23.6 Å². The van der Waals surface area contributed by atoms with Crippen LogP contribution in [0.15, 0.2) is 24.3 Å². The monoisotopic (exact) mass is 301 g/mol. The van der Waals surface area contributed by atoms with E-state index in [1.54, 1.807) is 25.1 Å². The number of ketones is 1. The van der Waals surface area contributed by atoms with E-state index >= 15 is 0 Å². The Hall–Kier alpha value is -3.03.